The average molecular weight is 457 g/mol. The monoisotopic (exact) mass is 456 g/mol. The fraction of sp³-hybridized carbons (Fsp3) is 0.522. The van der Waals surface area contributed by atoms with Crippen molar-refractivity contribution in [1.29, 1.82) is 0 Å². The number of hydrogen-bond acceptors (Lipinski definition) is 6. The molecule has 4 amide bonds. The molecule has 0 bridgehead atoms. The van der Waals surface area contributed by atoms with Crippen LogP contribution in [0.15, 0.2) is 30.5 Å². The number of ether oxygens (including phenoxy) is 1. The molecule has 1 aliphatic rings. The second kappa shape index (κ2) is 10.9. The number of rotatable bonds is 9. The summed E-state index contributed by atoms with van der Waals surface area (Å²) in [5.41, 5.74) is 1.82. The number of carbonyl (C=O) groups is 3. The number of unbranched alkanes of at least 4 members (excludes halogenated alkanes) is 3. The Morgan fingerprint density at radius 2 is 1.97 bits per heavy atom. The van der Waals surface area contributed by atoms with Crippen LogP contribution >= 0.6 is 0 Å². The number of nitrogens with one attached hydrogen (secondary N) is 2. The van der Waals surface area contributed by atoms with E-state index >= 15 is 0 Å². The quantitative estimate of drug-likeness (QED) is 0.558. The standard InChI is InChI=1S/C23H32N6O4/c1-23(2,3)33-22(32)24-12-6-4-5-7-13-28-16-19(26-27-28)17-9-8-10-18(15-17)29-14-11-20(30)25-21(29)31/h8-10,15-16H,4-7,11-14H2,1-3H3,(H,24,32)(H,25,30,31). The largest absolute Gasteiger partial charge is 0.444 e. The van der Waals surface area contributed by atoms with Crippen LogP contribution in [0.25, 0.3) is 11.3 Å². The molecule has 2 heterocycles. The van der Waals surface area contributed by atoms with Gasteiger partial charge in [-0.25, -0.2) is 9.59 Å². The summed E-state index contributed by atoms with van der Waals surface area (Å²) in [7, 11) is 0. The first-order valence-corrected chi connectivity index (χ1v) is 11.3. The maximum absolute atomic E-state index is 12.1. The zero-order valence-corrected chi connectivity index (χ0v) is 19.5. The number of carbonyl (C=O) groups excluding carboxylic acids is 3. The molecule has 1 aliphatic heterocycles. The molecule has 0 radical (unpaired) electrons. The normalized spacial score (nSPS) is 14.2. The molecule has 3 rings (SSSR count). The molecule has 0 saturated carbocycles. The van der Waals surface area contributed by atoms with Gasteiger partial charge in [0.25, 0.3) is 0 Å². The molecule has 0 atom stereocenters. The highest BCUT2D eigenvalue weighted by Crippen LogP contribution is 2.24. The van der Waals surface area contributed by atoms with Gasteiger partial charge in [0.05, 0.1) is 6.20 Å². The topological polar surface area (TPSA) is 118 Å². The summed E-state index contributed by atoms with van der Waals surface area (Å²) in [5.74, 6) is -0.255. The van der Waals surface area contributed by atoms with Crippen molar-refractivity contribution in [2.24, 2.45) is 0 Å². The van der Waals surface area contributed by atoms with E-state index in [2.05, 4.69) is 20.9 Å². The minimum Gasteiger partial charge on any atom is -0.444 e. The van der Waals surface area contributed by atoms with Gasteiger partial charge in [-0.15, -0.1) is 5.10 Å². The van der Waals surface area contributed by atoms with Gasteiger partial charge >= 0.3 is 12.1 Å². The highest BCUT2D eigenvalue weighted by molar-refractivity contribution is 6.05. The fourth-order valence-corrected chi connectivity index (χ4v) is 3.44. The molecule has 10 nitrogen and oxygen atoms in total. The average Bonchev–Trinajstić information content (AvgIpc) is 3.21. The second-order valence-corrected chi connectivity index (χ2v) is 9.02. The van der Waals surface area contributed by atoms with Crippen molar-refractivity contribution in [3.05, 3.63) is 30.5 Å². The molecule has 0 unspecified atom stereocenters. The molecule has 0 spiro atoms. The minimum atomic E-state index is -0.481. The molecule has 33 heavy (non-hydrogen) atoms. The van der Waals surface area contributed by atoms with E-state index in [9.17, 15) is 14.4 Å². The number of aromatic nitrogens is 3. The maximum atomic E-state index is 12.1. The smallest absolute Gasteiger partial charge is 0.407 e. The SMILES string of the molecule is CC(C)(C)OC(=O)NCCCCCCn1cc(-c2cccc(N3CCC(=O)NC3=O)c2)nn1. The number of hydrogen-bond donors (Lipinski definition) is 2. The van der Waals surface area contributed by atoms with Gasteiger partial charge in [0, 0.05) is 37.3 Å². The summed E-state index contributed by atoms with van der Waals surface area (Å²) in [6.45, 7) is 7.23. The summed E-state index contributed by atoms with van der Waals surface area (Å²) >= 11 is 0. The van der Waals surface area contributed by atoms with Crippen LogP contribution < -0.4 is 15.5 Å². The Balaban J connectivity index is 1.41. The van der Waals surface area contributed by atoms with Gasteiger partial charge in [-0.3, -0.25) is 19.7 Å². The third-order valence-electron chi connectivity index (χ3n) is 5.03. The van der Waals surface area contributed by atoms with Gasteiger partial charge in [0.2, 0.25) is 5.91 Å². The Morgan fingerprint density at radius 1 is 1.18 bits per heavy atom. The zero-order valence-electron chi connectivity index (χ0n) is 19.5. The van der Waals surface area contributed by atoms with Crippen LogP contribution in [0.2, 0.25) is 0 Å². The number of amides is 4. The van der Waals surface area contributed by atoms with Crippen LogP contribution in [0.5, 0.6) is 0 Å². The van der Waals surface area contributed by atoms with Crippen LogP contribution in [-0.4, -0.2) is 51.7 Å². The first-order valence-electron chi connectivity index (χ1n) is 11.3. The van der Waals surface area contributed by atoms with Crippen molar-refractivity contribution in [2.45, 2.75) is 65.0 Å². The Bertz CT molecular complexity index is 981. The highest BCUT2D eigenvalue weighted by atomic mass is 16.6. The lowest BCUT2D eigenvalue weighted by molar-refractivity contribution is -0.120. The summed E-state index contributed by atoms with van der Waals surface area (Å²) in [5, 5.41) is 13.6. The van der Waals surface area contributed by atoms with Crippen LogP contribution in [-0.2, 0) is 16.1 Å². The molecule has 0 aliphatic carbocycles. The summed E-state index contributed by atoms with van der Waals surface area (Å²) in [4.78, 5) is 36.6. The van der Waals surface area contributed by atoms with E-state index in [1.807, 2.05) is 55.9 Å². The molecule has 1 aromatic carbocycles. The molecule has 10 heteroatoms. The van der Waals surface area contributed by atoms with Crippen LogP contribution in [0.4, 0.5) is 15.3 Å². The third-order valence-corrected chi connectivity index (χ3v) is 5.03. The van der Waals surface area contributed by atoms with Crippen molar-refractivity contribution in [1.82, 2.24) is 25.6 Å². The molecule has 178 valence electrons. The first-order chi connectivity index (χ1) is 15.7. The number of benzene rings is 1. The van der Waals surface area contributed by atoms with E-state index in [1.54, 1.807) is 4.90 Å². The van der Waals surface area contributed by atoms with Crippen molar-refractivity contribution in [3.8, 4) is 11.3 Å². The fourth-order valence-electron chi connectivity index (χ4n) is 3.44. The van der Waals surface area contributed by atoms with Crippen molar-refractivity contribution < 1.29 is 19.1 Å². The molecule has 1 fully saturated rings. The predicted molar refractivity (Wildman–Crippen MR) is 124 cm³/mol. The van der Waals surface area contributed by atoms with E-state index in [0.717, 1.165) is 43.5 Å². The first kappa shape index (κ1) is 24.2. The second-order valence-electron chi connectivity index (χ2n) is 9.02. The Kier molecular flexibility index (Phi) is 8.02. The summed E-state index contributed by atoms with van der Waals surface area (Å²) < 4.78 is 7.02. The molecule has 2 aromatic rings. The zero-order chi connectivity index (χ0) is 23.8. The van der Waals surface area contributed by atoms with Gasteiger partial charge in [-0.1, -0.05) is 30.2 Å². The van der Waals surface area contributed by atoms with Crippen molar-refractivity contribution in [3.63, 3.8) is 0 Å². The van der Waals surface area contributed by atoms with Gasteiger partial charge in [0.15, 0.2) is 0 Å². The Hall–Kier alpha value is -3.43. The number of alkyl carbamates (subject to hydrolysis) is 1. The molecular weight excluding hydrogens is 424 g/mol. The van der Waals surface area contributed by atoms with Crippen LogP contribution in [0.3, 0.4) is 0 Å². The molecule has 1 aromatic heterocycles. The number of aryl methyl sites for hydroxylation is 1. The lowest BCUT2D eigenvalue weighted by Crippen LogP contribution is -2.49. The number of anilines is 1. The van der Waals surface area contributed by atoms with E-state index in [4.69, 9.17) is 4.74 Å². The van der Waals surface area contributed by atoms with Crippen LogP contribution in [0, 0.1) is 0 Å². The number of imide groups is 1. The predicted octanol–water partition coefficient (Wildman–Crippen LogP) is 3.48. The van der Waals surface area contributed by atoms with E-state index in [-0.39, 0.29) is 18.4 Å². The number of nitrogens with zero attached hydrogens (tertiary/aromatic N) is 4. The Morgan fingerprint density at radius 3 is 2.73 bits per heavy atom. The minimum absolute atomic E-state index is 0.255. The van der Waals surface area contributed by atoms with Gasteiger partial charge in [0.1, 0.15) is 11.3 Å². The van der Waals surface area contributed by atoms with E-state index in [0.29, 0.717) is 18.8 Å². The van der Waals surface area contributed by atoms with Crippen molar-refractivity contribution >= 4 is 23.7 Å². The maximum Gasteiger partial charge on any atom is 0.407 e. The summed E-state index contributed by atoms with van der Waals surface area (Å²) in [6, 6.07) is 7.08. The van der Waals surface area contributed by atoms with Crippen LogP contribution in [0.1, 0.15) is 52.9 Å². The van der Waals surface area contributed by atoms with Gasteiger partial charge in [-0.05, 0) is 45.7 Å². The number of urea groups is 1. The lowest BCUT2D eigenvalue weighted by atomic mass is 10.1. The summed E-state index contributed by atoms with van der Waals surface area (Å²) in [6.07, 6.45) is 5.66. The van der Waals surface area contributed by atoms with Crippen molar-refractivity contribution in [2.75, 3.05) is 18.0 Å². The lowest BCUT2D eigenvalue weighted by Gasteiger charge is -2.26. The van der Waals surface area contributed by atoms with Gasteiger partial charge in [-0.2, -0.15) is 0 Å². The van der Waals surface area contributed by atoms with E-state index < -0.39 is 11.6 Å². The van der Waals surface area contributed by atoms with E-state index in [1.165, 1.54) is 0 Å². The highest BCUT2D eigenvalue weighted by Gasteiger charge is 2.24. The molecular formula is C23H32N6O4. The molecule has 1 saturated heterocycles. The Labute approximate surface area is 193 Å². The van der Waals surface area contributed by atoms with Gasteiger partial charge < -0.3 is 10.1 Å². The molecule has 2 N–H and O–H groups in total. The third kappa shape index (κ3) is 7.58.